The second kappa shape index (κ2) is 6.71. The molecule has 0 aromatic carbocycles. The predicted octanol–water partition coefficient (Wildman–Crippen LogP) is 1.22. The molecule has 0 saturated carbocycles. The summed E-state index contributed by atoms with van der Waals surface area (Å²) in [7, 11) is -7.12. The fraction of sp³-hybridized carbons (Fsp3) is 0.500. The predicted molar refractivity (Wildman–Crippen MR) is 93.4 cm³/mol. The maximum Gasteiger partial charge on any atom is 0.264 e. The Morgan fingerprint density at radius 1 is 1.00 bits per heavy atom. The van der Waals surface area contributed by atoms with Crippen LogP contribution in [0.1, 0.15) is 11.3 Å². The van der Waals surface area contributed by atoms with Gasteiger partial charge in [-0.15, -0.1) is 0 Å². The van der Waals surface area contributed by atoms with E-state index in [9.17, 15) is 16.8 Å². The average Bonchev–Trinajstić information content (AvgIpc) is 2.86. The lowest BCUT2D eigenvalue weighted by atomic mass is 9.79. The van der Waals surface area contributed by atoms with Crippen LogP contribution >= 0.6 is 0 Å². The van der Waals surface area contributed by atoms with Crippen LogP contribution < -0.4 is 0 Å². The van der Waals surface area contributed by atoms with Crippen LogP contribution in [0.15, 0.2) is 30.5 Å². The van der Waals surface area contributed by atoms with Gasteiger partial charge in [-0.25, -0.2) is 0 Å². The van der Waals surface area contributed by atoms with Crippen molar-refractivity contribution in [3.8, 4) is 0 Å². The molecule has 2 aromatic rings. The molecule has 0 saturated heterocycles. The summed E-state index contributed by atoms with van der Waals surface area (Å²) in [6, 6.07) is 7.97. The number of hydrogen-bond acceptors (Lipinski definition) is 6. The van der Waals surface area contributed by atoms with Gasteiger partial charge in [0.25, 0.3) is 20.2 Å². The van der Waals surface area contributed by atoms with Gasteiger partial charge in [-0.3, -0.25) is 8.37 Å². The van der Waals surface area contributed by atoms with Gasteiger partial charge in [0, 0.05) is 17.4 Å². The molecular formula is C16H21NO6S2. The van der Waals surface area contributed by atoms with Crippen LogP contribution in [0, 0.1) is 11.8 Å². The Morgan fingerprint density at radius 3 is 2.20 bits per heavy atom. The summed E-state index contributed by atoms with van der Waals surface area (Å²) >= 11 is 0. The highest BCUT2D eigenvalue weighted by molar-refractivity contribution is 7.86. The summed E-state index contributed by atoms with van der Waals surface area (Å²) in [5.41, 5.74) is 3.29. The zero-order chi connectivity index (χ0) is 18.2. The highest BCUT2D eigenvalue weighted by Gasteiger charge is 2.32. The SMILES string of the molecule is CS(=O)(=O)OCC1Cc2cc3ccccn3c2CC1COS(C)(=O)=O. The van der Waals surface area contributed by atoms with E-state index in [1.54, 1.807) is 0 Å². The third kappa shape index (κ3) is 4.60. The zero-order valence-electron chi connectivity index (χ0n) is 14.1. The molecule has 9 heteroatoms. The Bertz CT molecular complexity index is 977. The molecule has 0 aliphatic heterocycles. The Morgan fingerprint density at radius 2 is 1.60 bits per heavy atom. The van der Waals surface area contributed by atoms with Gasteiger partial charge in [-0.05, 0) is 48.4 Å². The number of hydrogen-bond donors (Lipinski definition) is 0. The molecule has 2 atom stereocenters. The maximum absolute atomic E-state index is 11.4. The summed E-state index contributed by atoms with van der Waals surface area (Å²) < 4.78 is 57.4. The van der Waals surface area contributed by atoms with Gasteiger partial charge in [0.15, 0.2) is 0 Å². The fourth-order valence-corrected chi connectivity index (χ4v) is 4.16. The second-order valence-electron chi connectivity index (χ2n) is 6.52. The molecule has 0 spiro atoms. The molecule has 0 bridgehead atoms. The molecule has 0 radical (unpaired) electrons. The van der Waals surface area contributed by atoms with Crippen molar-refractivity contribution in [1.29, 1.82) is 0 Å². The minimum atomic E-state index is -3.56. The van der Waals surface area contributed by atoms with Crippen molar-refractivity contribution in [3.63, 3.8) is 0 Å². The Labute approximate surface area is 147 Å². The van der Waals surface area contributed by atoms with Gasteiger partial charge in [-0.1, -0.05) is 6.07 Å². The summed E-state index contributed by atoms with van der Waals surface area (Å²) in [5.74, 6) is -0.288. The second-order valence-corrected chi connectivity index (χ2v) is 9.81. The maximum atomic E-state index is 11.4. The van der Waals surface area contributed by atoms with Gasteiger partial charge in [-0.2, -0.15) is 16.8 Å². The molecule has 2 aromatic heterocycles. The Hall–Kier alpha value is -1.42. The van der Waals surface area contributed by atoms with Crippen LogP contribution in [0.2, 0.25) is 0 Å². The lowest BCUT2D eigenvalue weighted by molar-refractivity contribution is 0.139. The van der Waals surface area contributed by atoms with Crippen molar-refractivity contribution in [3.05, 3.63) is 41.7 Å². The first-order chi connectivity index (χ1) is 11.6. The largest absolute Gasteiger partial charge is 0.321 e. The van der Waals surface area contributed by atoms with Crippen molar-refractivity contribution >= 4 is 25.8 Å². The van der Waals surface area contributed by atoms with E-state index in [-0.39, 0.29) is 25.0 Å². The molecule has 25 heavy (non-hydrogen) atoms. The highest BCUT2D eigenvalue weighted by atomic mass is 32.2. The molecule has 7 nitrogen and oxygen atoms in total. The first kappa shape index (κ1) is 18.4. The number of pyridine rings is 1. The molecular weight excluding hydrogens is 366 g/mol. The minimum Gasteiger partial charge on any atom is -0.321 e. The van der Waals surface area contributed by atoms with E-state index in [2.05, 4.69) is 10.5 Å². The van der Waals surface area contributed by atoms with Crippen LogP contribution in [-0.2, 0) is 41.4 Å². The molecule has 2 heterocycles. The molecule has 0 N–H and O–H groups in total. The van der Waals surface area contributed by atoms with E-state index in [0.717, 1.165) is 29.3 Å². The van der Waals surface area contributed by atoms with Crippen molar-refractivity contribution in [1.82, 2.24) is 4.40 Å². The van der Waals surface area contributed by atoms with E-state index >= 15 is 0 Å². The first-order valence-electron chi connectivity index (χ1n) is 7.89. The van der Waals surface area contributed by atoms with Gasteiger partial charge in [0.2, 0.25) is 0 Å². The standard InChI is InChI=1S/C16H21NO6S2/c1-24(18,19)22-10-13-7-12-8-15-5-3-4-6-17(15)16(12)9-14(13)11-23-25(2,20)21/h3-6,8,13-14H,7,9-11H2,1-2H3. The molecule has 3 rings (SSSR count). The van der Waals surface area contributed by atoms with Gasteiger partial charge < -0.3 is 4.40 Å². The normalized spacial score (nSPS) is 21.4. The Kier molecular flexibility index (Phi) is 4.93. The van der Waals surface area contributed by atoms with Crippen molar-refractivity contribution < 1.29 is 25.2 Å². The van der Waals surface area contributed by atoms with E-state index < -0.39 is 20.2 Å². The number of fused-ring (bicyclic) bond motifs is 3. The monoisotopic (exact) mass is 387 g/mol. The van der Waals surface area contributed by atoms with Crippen LogP contribution in [0.3, 0.4) is 0 Å². The lowest BCUT2D eigenvalue weighted by Gasteiger charge is -2.31. The van der Waals surface area contributed by atoms with Crippen LogP contribution in [0.4, 0.5) is 0 Å². The van der Waals surface area contributed by atoms with E-state index in [4.69, 9.17) is 8.37 Å². The molecule has 1 aliphatic carbocycles. The summed E-state index contributed by atoms with van der Waals surface area (Å²) in [6.07, 6.45) is 5.20. The summed E-state index contributed by atoms with van der Waals surface area (Å²) in [6.45, 7) is 0.0262. The number of nitrogens with zero attached hydrogens (tertiary/aromatic N) is 1. The summed E-state index contributed by atoms with van der Waals surface area (Å²) in [4.78, 5) is 0. The van der Waals surface area contributed by atoms with Gasteiger partial charge in [0.1, 0.15) is 0 Å². The molecule has 138 valence electrons. The topological polar surface area (TPSA) is 91.2 Å². The van der Waals surface area contributed by atoms with Crippen molar-refractivity contribution in [2.45, 2.75) is 12.8 Å². The van der Waals surface area contributed by atoms with Crippen molar-refractivity contribution in [2.24, 2.45) is 11.8 Å². The number of aromatic nitrogens is 1. The van der Waals surface area contributed by atoms with Gasteiger partial charge >= 0.3 is 0 Å². The third-order valence-corrected chi connectivity index (χ3v) is 5.60. The Balaban J connectivity index is 1.88. The quantitative estimate of drug-likeness (QED) is 0.692. The van der Waals surface area contributed by atoms with Crippen LogP contribution in [0.5, 0.6) is 0 Å². The molecule has 0 fully saturated rings. The van der Waals surface area contributed by atoms with E-state index in [0.29, 0.717) is 12.8 Å². The first-order valence-corrected chi connectivity index (χ1v) is 11.5. The molecule has 2 unspecified atom stereocenters. The van der Waals surface area contributed by atoms with E-state index in [1.807, 2.05) is 24.4 Å². The number of rotatable bonds is 6. The van der Waals surface area contributed by atoms with Crippen molar-refractivity contribution in [2.75, 3.05) is 25.7 Å². The van der Waals surface area contributed by atoms with Crippen LogP contribution in [-0.4, -0.2) is 47.0 Å². The zero-order valence-corrected chi connectivity index (χ0v) is 15.7. The molecule has 0 amide bonds. The highest BCUT2D eigenvalue weighted by Crippen LogP contribution is 2.33. The average molecular weight is 387 g/mol. The molecule has 1 aliphatic rings. The minimum absolute atomic E-state index is 0.0100. The van der Waals surface area contributed by atoms with E-state index in [1.165, 1.54) is 0 Å². The smallest absolute Gasteiger partial charge is 0.264 e. The van der Waals surface area contributed by atoms with Gasteiger partial charge in [0.05, 0.1) is 25.7 Å². The summed E-state index contributed by atoms with van der Waals surface area (Å²) in [5, 5.41) is 0. The third-order valence-electron chi connectivity index (χ3n) is 4.47. The fourth-order valence-electron chi connectivity index (χ4n) is 3.32. The van der Waals surface area contributed by atoms with Crippen LogP contribution in [0.25, 0.3) is 5.52 Å². The lowest BCUT2D eigenvalue weighted by Crippen LogP contribution is -2.33.